The van der Waals surface area contributed by atoms with Gasteiger partial charge in [-0.15, -0.1) is 0 Å². The molecule has 0 aromatic heterocycles. The number of nitrogens with zero attached hydrogens (tertiary/aromatic N) is 3. The lowest BCUT2D eigenvalue weighted by Crippen LogP contribution is -2.57. The Morgan fingerprint density at radius 1 is 0.930 bits per heavy atom. The van der Waals surface area contributed by atoms with Crippen LogP contribution in [-0.2, 0) is 10.4 Å². The Hall–Kier alpha value is -3.37. The molecule has 1 atom stereocenters. The Morgan fingerprint density at radius 2 is 1.56 bits per heavy atom. The molecule has 230 valence electrons. The fourth-order valence-corrected chi connectivity index (χ4v) is 6.53. The molecule has 3 aliphatic rings. The Bertz CT molecular complexity index is 1380. The molecule has 11 heteroatoms. The number of piperidine rings is 2. The standard InChI is InChI=1S/C32H34ClF4N3O3/c33-28-20-26(8-9-27(28)29(41)40-14-4-7-25(34)21-40)38-15-10-22(11-16-38)19-23-12-17-39(18-13-23)30(42)31(43,32(35,36)37)24-5-2-1-3-6-24/h1-9,14,20,22-23,43H,10-13,15-19,21H2/t31-/m1/s1. The molecule has 0 bridgehead atoms. The van der Waals surface area contributed by atoms with Gasteiger partial charge in [0.15, 0.2) is 0 Å². The molecule has 2 fully saturated rings. The van der Waals surface area contributed by atoms with E-state index in [0.29, 0.717) is 35.3 Å². The third kappa shape index (κ3) is 6.60. The number of hydrogen-bond acceptors (Lipinski definition) is 4. The SMILES string of the molecule is O=C(c1ccc(N2CCC(CC3CCN(C(=O)[C@](O)(c4ccccc4)C(F)(F)F)CC3)CC2)cc1Cl)N1C=CC=C(F)C1. The summed E-state index contributed by atoms with van der Waals surface area (Å²) in [7, 11) is 0. The van der Waals surface area contributed by atoms with Gasteiger partial charge in [-0.2, -0.15) is 13.2 Å². The van der Waals surface area contributed by atoms with Crippen LogP contribution in [0.3, 0.4) is 0 Å². The van der Waals surface area contributed by atoms with Crippen LogP contribution in [0.25, 0.3) is 0 Å². The minimum absolute atomic E-state index is 0.125. The monoisotopic (exact) mass is 619 g/mol. The van der Waals surface area contributed by atoms with E-state index in [2.05, 4.69) is 4.90 Å². The Labute approximate surface area is 253 Å². The van der Waals surface area contributed by atoms with E-state index in [1.807, 2.05) is 6.07 Å². The van der Waals surface area contributed by atoms with Crippen LogP contribution in [0, 0.1) is 11.8 Å². The summed E-state index contributed by atoms with van der Waals surface area (Å²) in [6.45, 7) is 1.82. The topological polar surface area (TPSA) is 64.1 Å². The average molecular weight is 620 g/mol. The second-order valence-corrected chi connectivity index (χ2v) is 11.9. The number of benzene rings is 2. The number of hydrogen-bond donors (Lipinski definition) is 1. The van der Waals surface area contributed by atoms with Crippen molar-refractivity contribution in [1.82, 2.24) is 9.80 Å². The van der Waals surface area contributed by atoms with E-state index >= 15 is 0 Å². The van der Waals surface area contributed by atoms with E-state index in [1.165, 1.54) is 41.5 Å². The highest BCUT2D eigenvalue weighted by Crippen LogP contribution is 2.41. The molecular weight excluding hydrogens is 586 g/mol. The largest absolute Gasteiger partial charge is 0.430 e. The van der Waals surface area contributed by atoms with E-state index in [0.717, 1.165) is 55.1 Å². The van der Waals surface area contributed by atoms with Gasteiger partial charge < -0.3 is 19.8 Å². The summed E-state index contributed by atoms with van der Waals surface area (Å²) >= 11 is 6.47. The van der Waals surface area contributed by atoms with Gasteiger partial charge in [0.1, 0.15) is 5.83 Å². The molecule has 2 aromatic rings. The third-order valence-electron chi connectivity index (χ3n) is 8.77. The zero-order valence-electron chi connectivity index (χ0n) is 23.6. The first-order valence-electron chi connectivity index (χ1n) is 14.5. The van der Waals surface area contributed by atoms with Crippen LogP contribution in [0.1, 0.15) is 48.0 Å². The molecule has 2 aromatic carbocycles. The lowest BCUT2D eigenvalue weighted by atomic mass is 9.82. The summed E-state index contributed by atoms with van der Waals surface area (Å²) in [6.07, 6.45) is 3.15. The Balaban J connectivity index is 1.12. The molecule has 43 heavy (non-hydrogen) atoms. The van der Waals surface area contributed by atoms with Crippen LogP contribution in [0.15, 0.2) is 72.7 Å². The van der Waals surface area contributed by atoms with Gasteiger partial charge in [-0.05, 0) is 74.3 Å². The minimum Gasteiger partial charge on any atom is -0.371 e. The molecule has 1 N–H and O–H groups in total. The maximum absolute atomic E-state index is 14.0. The molecule has 0 unspecified atom stereocenters. The first-order valence-corrected chi connectivity index (χ1v) is 14.9. The van der Waals surface area contributed by atoms with Crippen LogP contribution in [0.4, 0.5) is 23.2 Å². The second-order valence-electron chi connectivity index (χ2n) is 11.5. The number of anilines is 1. The van der Waals surface area contributed by atoms with Crippen molar-refractivity contribution in [3.63, 3.8) is 0 Å². The maximum Gasteiger partial charge on any atom is 0.430 e. The van der Waals surface area contributed by atoms with Crippen molar-refractivity contribution in [3.05, 3.63) is 88.9 Å². The molecule has 2 saturated heterocycles. The zero-order chi connectivity index (χ0) is 30.8. The lowest BCUT2D eigenvalue weighted by Gasteiger charge is -2.40. The third-order valence-corrected chi connectivity index (χ3v) is 9.08. The van der Waals surface area contributed by atoms with E-state index in [4.69, 9.17) is 11.6 Å². The van der Waals surface area contributed by atoms with Crippen LogP contribution in [0.5, 0.6) is 0 Å². The highest BCUT2D eigenvalue weighted by molar-refractivity contribution is 6.34. The van der Waals surface area contributed by atoms with E-state index < -0.39 is 29.1 Å². The van der Waals surface area contributed by atoms with Gasteiger partial charge in [0.05, 0.1) is 17.1 Å². The first kappa shape index (κ1) is 31.1. The quantitative estimate of drug-likeness (QED) is 0.377. The van der Waals surface area contributed by atoms with Gasteiger partial charge in [-0.1, -0.05) is 41.9 Å². The highest BCUT2D eigenvalue weighted by atomic mass is 35.5. The number of likely N-dealkylation sites (tertiary alicyclic amines) is 1. The smallest absolute Gasteiger partial charge is 0.371 e. The molecule has 0 spiro atoms. The summed E-state index contributed by atoms with van der Waals surface area (Å²) in [6, 6.07) is 11.8. The van der Waals surface area contributed by atoms with E-state index in [-0.39, 0.29) is 25.5 Å². The minimum atomic E-state index is -5.14. The summed E-state index contributed by atoms with van der Waals surface area (Å²) in [5, 5.41) is 11.0. The van der Waals surface area contributed by atoms with Crippen molar-refractivity contribution in [2.45, 2.75) is 43.9 Å². The normalized spacial score (nSPS) is 20.1. The number of alkyl halides is 3. The number of amides is 2. The van der Waals surface area contributed by atoms with Crippen LogP contribution in [0.2, 0.25) is 5.02 Å². The van der Waals surface area contributed by atoms with Gasteiger partial charge in [0.2, 0.25) is 0 Å². The zero-order valence-corrected chi connectivity index (χ0v) is 24.3. The van der Waals surface area contributed by atoms with Gasteiger partial charge in [0.25, 0.3) is 17.4 Å². The number of aliphatic hydroxyl groups is 1. The van der Waals surface area contributed by atoms with Crippen molar-refractivity contribution < 1.29 is 32.3 Å². The van der Waals surface area contributed by atoms with E-state index in [1.54, 1.807) is 12.1 Å². The molecule has 0 radical (unpaired) electrons. The predicted molar refractivity (Wildman–Crippen MR) is 156 cm³/mol. The Morgan fingerprint density at radius 3 is 2.14 bits per heavy atom. The summed E-state index contributed by atoms with van der Waals surface area (Å²) in [5.74, 6) is -1.35. The van der Waals surface area contributed by atoms with Gasteiger partial charge in [0, 0.05) is 43.6 Å². The van der Waals surface area contributed by atoms with Crippen molar-refractivity contribution in [2.24, 2.45) is 11.8 Å². The molecule has 5 rings (SSSR count). The van der Waals surface area contributed by atoms with Crippen molar-refractivity contribution in [3.8, 4) is 0 Å². The number of carbonyl (C=O) groups is 2. The average Bonchev–Trinajstić information content (AvgIpc) is 3.00. The van der Waals surface area contributed by atoms with Gasteiger partial charge >= 0.3 is 6.18 Å². The van der Waals surface area contributed by atoms with Crippen LogP contribution >= 0.6 is 11.6 Å². The number of allylic oxidation sites excluding steroid dienone is 2. The number of carbonyl (C=O) groups excluding carboxylic acids is 2. The summed E-state index contributed by atoms with van der Waals surface area (Å²) in [4.78, 5) is 30.4. The second kappa shape index (κ2) is 12.7. The fraction of sp³-hybridized carbons (Fsp3) is 0.438. The van der Waals surface area contributed by atoms with Gasteiger partial charge in [-0.25, -0.2) is 4.39 Å². The molecule has 3 heterocycles. The summed E-state index contributed by atoms with van der Waals surface area (Å²) < 4.78 is 55.5. The molecule has 2 amide bonds. The molecule has 6 nitrogen and oxygen atoms in total. The van der Waals surface area contributed by atoms with Crippen molar-refractivity contribution in [1.29, 1.82) is 0 Å². The van der Waals surface area contributed by atoms with Crippen LogP contribution < -0.4 is 4.90 Å². The van der Waals surface area contributed by atoms with Crippen molar-refractivity contribution in [2.75, 3.05) is 37.6 Å². The maximum atomic E-state index is 14.0. The van der Waals surface area contributed by atoms with Crippen LogP contribution in [-0.4, -0.2) is 65.6 Å². The fourth-order valence-electron chi connectivity index (χ4n) is 6.27. The van der Waals surface area contributed by atoms with Crippen molar-refractivity contribution >= 4 is 29.1 Å². The highest BCUT2D eigenvalue weighted by Gasteiger charge is 2.62. The first-order chi connectivity index (χ1) is 20.5. The number of halogens is 5. The molecule has 3 aliphatic heterocycles. The lowest BCUT2D eigenvalue weighted by molar-refractivity contribution is -0.262. The molecule has 0 saturated carbocycles. The molecule has 0 aliphatic carbocycles. The predicted octanol–water partition coefficient (Wildman–Crippen LogP) is 6.46. The van der Waals surface area contributed by atoms with Gasteiger partial charge in [-0.3, -0.25) is 9.59 Å². The summed E-state index contributed by atoms with van der Waals surface area (Å²) in [5.41, 5.74) is -2.83. The number of rotatable bonds is 6. The Kier molecular flexibility index (Phi) is 9.18. The van der Waals surface area contributed by atoms with E-state index in [9.17, 15) is 32.3 Å². The molecular formula is C32H34ClF4N3O3.